The number of carbonyl (C=O) groups excluding carboxylic acids is 1. The van der Waals surface area contributed by atoms with Crippen LogP contribution in [-0.4, -0.2) is 52.4 Å². The molecular weight excluding hydrogens is 434 g/mol. The van der Waals surface area contributed by atoms with Gasteiger partial charge < -0.3 is 28.6 Å². The van der Waals surface area contributed by atoms with E-state index in [-0.39, 0.29) is 18.6 Å². The summed E-state index contributed by atoms with van der Waals surface area (Å²) in [5, 5.41) is 0. The van der Waals surface area contributed by atoms with Crippen molar-refractivity contribution in [2.45, 2.75) is 12.5 Å². The van der Waals surface area contributed by atoms with E-state index in [9.17, 15) is 4.79 Å². The van der Waals surface area contributed by atoms with Gasteiger partial charge in [-0.15, -0.1) is 0 Å². The molecule has 0 unspecified atom stereocenters. The summed E-state index contributed by atoms with van der Waals surface area (Å²) in [5.41, 5.74) is 2.63. The third-order valence-corrected chi connectivity index (χ3v) is 6.05. The monoisotopic (exact) mass is 463 g/mol. The first kappa shape index (κ1) is 23.3. The second-order valence-corrected chi connectivity index (χ2v) is 7.86. The molecule has 4 rings (SSSR count). The van der Waals surface area contributed by atoms with Gasteiger partial charge in [-0.3, -0.25) is 4.79 Å². The van der Waals surface area contributed by atoms with Gasteiger partial charge in [-0.1, -0.05) is 18.2 Å². The van der Waals surface area contributed by atoms with Crippen LogP contribution in [0.2, 0.25) is 0 Å². The summed E-state index contributed by atoms with van der Waals surface area (Å²) in [6, 6.07) is 18.2. The van der Waals surface area contributed by atoms with Crippen LogP contribution < -0.4 is 23.7 Å². The molecule has 178 valence electrons. The molecule has 3 aromatic rings. The van der Waals surface area contributed by atoms with E-state index in [0.717, 1.165) is 11.1 Å². The van der Waals surface area contributed by atoms with Crippen molar-refractivity contribution in [2.24, 2.45) is 0 Å². The highest BCUT2D eigenvalue weighted by molar-refractivity contribution is 5.95. The molecule has 1 atom stereocenters. The maximum absolute atomic E-state index is 13.6. The third-order valence-electron chi connectivity index (χ3n) is 6.05. The van der Waals surface area contributed by atoms with Crippen molar-refractivity contribution >= 4 is 5.91 Å². The van der Waals surface area contributed by atoms with Gasteiger partial charge in [-0.25, -0.2) is 0 Å². The fraction of sp³-hybridized carbons (Fsp3) is 0.296. The fourth-order valence-corrected chi connectivity index (χ4v) is 4.28. The van der Waals surface area contributed by atoms with Crippen LogP contribution in [0.4, 0.5) is 0 Å². The Bertz CT molecular complexity index is 1160. The van der Waals surface area contributed by atoms with Crippen molar-refractivity contribution in [1.29, 1.82) is 0 Å². The van der Waals surface area contributed by atoms with Gasteiger partial charge in [0.1, 0.15) is 12.4 Å². The summed E-state index contributed by atoms with van der Waals surface area (Å²) >= 11 is 0. The second kappa shape index (κ2) is 10.4. The second-order valence-electron chi connectivity index (χ2n) is 7.86. The van der Waals surface area contributed by atoms with Gasteiger partial charge in [0.2, 0.25) is 0 Å². The topological polar surface area (TPSA) is 66.5 Å². The first-order chi connectivity index (χ1) is 16.6. The number of methoxy groups -OCH3 is 4. The van der Waals surface area contributed by atoms with Gasteiger partial charge in [0.05, 0.1) is 34.5 Å². The Balaban J connectivity index is 1.72. The van der Waals surface area contributed by atoms with Crippen molar-refractivity contribution in [2.75, 3.05) is 41.6 Å². The Kier molecular flexibility index (Phi) is 7.11. The molecule has 1 aliphatic rings. The quantitative estimate of drug-likeness (QED) is 0.489. The molecule has 0 aliphatic carbocycles. The molecule has 0 N–H and O–H groups in total. The SMILES string of the molecule is COc1cccc(C(=O)N2CCc3cc(OC)c(OC)cc3[C@@H]2COc2ccccc2OC)c1. The Labute approximate surface area is 199 Å². The summed E-state index contributed by atoms with van der Waals surface area (Å²) in [6.45, 7) is 0.789. The highest BCUT2D eigenvalue weighted by atomic mass is 16.5. The number of nitrogens with zero attached hydrogens (tertiary/aromatic N) is 1. The van der Waals surface area contributed by atoms with Crippen molar-refractivity contribution in [3.63, 3.8) is 0 Å². The van der Waals surface area contributed by atoms with Crippen LogP contribution in [0.1, 0.15) is 27.5 Å². The first-order valence-electron chi connectivity index (χ1n) is 11.0. The minimum atomic E-state index is -0.341. The van der Waals surface area contributed by atoms with Crippen molar-refractivity contribution in [3.05, 3.63) is 77.4 Å². The number of ether oxygens (including phenoxy) is 5. The zero-order valence-electron chi connectivity index (χ0n) is 19.9. The van der Waals surface area contributed by atoms with Crippen molar-refractivity contribution in [1.82, 2.24) is 4.90 Å². The summed E-state index contributed by atoms with van der Waals surface area (Å²) in [5.74, 6) is 3.07. The maximum atomic E-state index is 13.6. The molecule has 1 amide bonds. The number of rotatable bonds is 8. The van der Waals surface area contributed by atoms with E-state index in [1.165, 1.54) is 0 Å². The Morgan fingerprint density at radius 3 is 2.24 bits per heavy atom. The lowest BCUT2D eigenvalue weighted by Gasteiger charge is -2.37. The van der Waals surface area contributed by atoms with Gasteiger partial charge >= 0.3 is 0 Å². The minimum Gasteiger partial charge on any atom is -0.497 e. The Morgan fingerprint density at radius 2 is 1.53 bits per heavy atom. The predicted octanol–water partition coefficient (Wildman–Crippen LogP) is 4.54. The third kappa shape index (κ3) is 4.59. The average molecular weight is 464 g/mol. The average Bonchev–Trinajstić information content (AvgIpc) is 2.90. The van der Waals surface area contributed by atoms with Crippen LogP contribution >= 0.6 is 0 Å². The van der Waals surface area contributed by atoms with Crippen LogP contribution in [0.3, 0.4) is 0 Å². The molecule has 0 saturated heterocycles. The normalized spacial score (nSPS) is 14.7. The molecule has 1 heterocycles. The van der Waals surface area contributed by atoms with Crippen LogP contribution in [0, 0.1) is 0 Å². The van der Waals surface area contributed by atoms with E-state index in [2.05, 4.69) is 0 Å². The van der Waals surface area contributed by atoms with Crippen LogP contribution in [-0.2, 0) is 6.42 Å². The number of fused-ring (bicyclic) bond motifs is 1. The lowest BCUT2D eigenvalue weighted by molar-refractivity contribution is 0.0587. The molecule has 0 aromatic heterocycles. The van der Waals surface area contributed by atoms with Gasteiger partial charge in [0, 0.05) is 12.1 Å². The fourth-order valence-electron chi connectivity index (χ4n) is 4.28. The largest absolute Gasteiger partial charge is 0.497 e. The lowest BCUT2D eigenvalue weighted by Crippen LogP contribution is -2.42. The van der Waals surface area contributed by atoms with Gasteiger partial charge in [0.15, 0.2) is 23.0 Å². The molecule has 0 radical (unpaired) electrons. The van der Waals surface area contributed by atoms with E-state index in [4.69, 9.17) is 23.7 Å². The zero-order chi connectivity index (χ0) is 24.1. The Hall–Kier alpha value is -3.87. The summed E-state index contributed by atoms with van der Waals surface area (Å²) in [7, 11) is 6.42. The lowest BCUT2D eigenvalue weighted by atomic mass is 9.91. The molecule has 0 fully saturated rings. The number of carbonyl (C=O) groups is 1. The molecular formula is C27H29NO6. The maximum Gasteiger partial charge on any atom is 0.254 e. The van der Waals surface area contributed by atoms with Crippen molar-refractivity contribution < 1.29 is 28.5 Å². The predicted molar refractivity (Wildman–Crippen MR) is 129 cm³/mol. The highest BCUT2D eigenvalue weighted by Gasteiger charge is 2.33. The number of hydrogen-bond acceptors (Lipinski definition) is 6. The molecule has 0 bridgehead atoms. The summed E-state index contributed by atoms with van der Waals surface area (Å²) in [4.78, 5) is 15.5. The number of hydrogen-bond donors (Lipinski definition) is 0. The molecule has 7 heteroatoms. The zero-order valence-corrected chi connectivity index (χ0v) is 19.9. The first-order valence-corrected chi connectivity index (χ1v) is 11.0. The molecule has 0 spiro atoms. The van der Waals surface area contributed by atoms with Gasteiger partial charge in [-0.2, -0.15) is 0 Å². The van der Waals surface area contributed by atoms with Crippen LogP contribution in [0.5, 0.6) is 28.7 Å². The summed E-state index contributed by atoms with van der Waals surface area (Å²) < 4.78 is 28.0. The number of amides is 1. The number of benzene rings is 3. The van der Waals surface area contributed by atoms with Crippen LogP contribution in [0.25, 0.3) is 0 Å². The molecule has 0 saturated carbocycles. The van der Waals surface area contributed by atoms with E-state index >= 15 is 0 Å². The molecule has 34 heavy (non-hydrogen) atoms. The molecule has 1 aliphatic heterocycles. The van der Waals surface area contributed by atoms with Crippen molar-refractivity contribution in [3.8, 4) is 28.7 Å². The minimum absolute atomic E-state index is 0.0899. The number of para-hydroxylation sites is 2. The molecule has 3 aromatic carbocycles. The van der Waals surface area contributed by atoms with E-state index in [1.807, 2.05) is 53.4 Å². The van der Waals surface area contributed by atoms with E-state index in [0.29, 0.717) is 47.3 Å². The molecule has 7 nitrogen and oxygen atoms in total. The standard InChI is InChI=1S/C27H29NO6/c1-30-20-9-7-8-19(14-20)27(29)28-13-12-18-15-25(32-3)26(33-4)16-21(18)22(28)17-34-24-11-6-5-10-23(24)31-2/h5-11,14-16,22H,12-13,17H2,1-4H3/t22-/m0/s1. The summed E-state index contributed by atoms with van der Waals surface area (Å²) in [6.07, 6.45) is 0.691. The Morgan fingerprint density at radius 1 is 0.824 bits per heavy atom. The van der Waals surface area contributed by atoms with Gasteiger partial charge in [-0.05, 0) is 60.0 Å². The van der Waals surface area contributed by atoms with E-state index < -0.39 is 0 Å². The van der Waals surface area contributed by atoms with Crippen LogP contribution in [0.15, 0.2) is 60.7 Å². The highest BCUT2D eigenvalue weighted by Crippen LogP contribution is 2.39. The smallest absolute Gasteiger partial charge is 0.254 e. The van der Waals surface area contributed by atoms with E-state index in [1.54, 1.807) is 40.6 Å². The van der Waals surface area contributed by atoms with Gasteiger partial charge in [0.25, 0.3) is 5.91 Å².